The Morgan fingerprint density at radius 3 is 2.06 bits per heavy atom. The molecule has 4 rings (SSSR count). The van der Waals surface area contributed by atoms with E-state index >= 15 is 0 Å². The van der Waals surface area contributed by atoms with Gasteiger partial charge in [-0.15, -0.1) is 0 Å². The van der Waals surface area contributed by atoms with Crippen molar-refractivity contribution >= 4 is 18.0 Å². The molecule has 34 heavy (non-hydrogen) atoms. The van der Waals surface area contributed by atoms with Crippen LogP contribution >= 0.6 is 0 Å². The van der Waals surface area contributed by atoms with Crippen LogP contribution < -0.4 is 10.6 Å². The summed E-state index contributed by atoms with van der Waals surface area (Å²) in [7, 11) is 0. The summed E-state index contributed by atoms with van der Waals surface area (Å²) >= 11 is 0. The van der Waals surface area contributed by atoms with E-state index < -0.39 is 18.1 Å². The van der Waals surface area contributed by atoms with Crippen LogP contribution in [0, 0.1) is 11.8 Å². The maximum Gasteiger partial charge on any atom is 0.407 e. The van der Waals surface area contributed by atoms with E-state index in [-0.39, 0.29) is 42.7 Å². The Bertz CT molecular complexity index is 1020. The molecule has 1 unspecified atom stereocenters. The minimum atomic E-state index is -1.06. The molecule has 0 bridgehead atoms. The summed E-state index contributed by atoms with van der Waals surface area (Å²) in [5, 5.41) is 14.8. The van der Waals surface area contributed by atoms with Crippen molar-refractivity contribution in [1.29, 1.82) is 0 Å². The zero-order valence-corrected chi connectivity index (χ0v) is 19.6. The Morgan fingerprint density at radius 2 is 1.56 bits per heavy atom. The highest BCUT2D eigenvalue weighted by Gasteiger charge is 2.33. The monoisotopic (exact) mass is 464 g/mol. The Hall–Kier alpha value is -3.35. The first kappa shape index (κ1) is 23.8. The topological polar surface area (TPSA) is 105 Å². The predicted octanol–water partition coefficient (Wildman–Crippen LogP) is 4.31. The lowest BCUT2D eigenvalue weighted by molar-refractivity contribution is -0.143. The molecule has 0 radical (unpaired) electrons. The fourth-order valence-corrected chi connectivity index (χ4v) is 4.91. The third-order valence-corrected chi connectivity index (χ3v) is 7.02. The number of nitrogens with one attached hydrogen (secondary N) is 2. The van der Waals surface area contributed by atoms with Crippen molar-refractivity contribution in [2.45, 2.75) is 57.5 Å². The number of carbonyl (C=O) groups excluding carboxylic acids is 2. The highest BCUT2D eigenvalue weighted by molar-refractivity contribution is 5.84. The molecule has 0 aliphatic heterocycles. The van der Waals surface area contributed by atoms with E-state index in [4.69, 9.17) is 4.74 Å². The van der Waals surface area contributed by atoms with Gasteiger partial charge in [-0.1, -0.05) is 68.8 Å². The molecule has 2 atom stereocenters. The van der Waals surface area contributed by atoms with E-state index in [2.05, 4.69) is 34.9 Å². The summed E-state index contributed by atoms with van der Waals surface area (Å²) in [6.07, 6.45) is 2.39. The number of carboxylic acid groups (broad SMARTS) is 1. The zero-order valence-electron chi connectivity index (χ0n) is 19.6. The van der Waals surface area contributed by atoms with Gasteiger partial charge in [0.15, 0.2) is 0 Å². The van der Waals surface area contributed by atoms with E-state index in [1.807, 2.05) is 24.3 Å². The molecule has 1 fully saturated rings. The third-order valence-electron chi connectivity index (χ3n) is 7.02. The van der Waals surface area contributed by atoms with Crippen LogP contribution in [-0.2, 0) is 14.3 Å². The normalized spacial score (nSPS) is 16.7. The maximum absolute atomic E-state index is 12.7. The van der Waals surface area contributed by atoms with Crippen LogP contribution in [0.25, 0.3) is 11.1 Å². The molecule has 180 valence electrons. The van der Waals surface area contributed by atoms with Crippen molar-refractivity contribution in [2.75, 3.05) is 6.61 Å². The van der Waals surface area contributed by atoms with Gasteiger partial charge in [0.2, 0.25) is 5.91 Å². The van der Waals surface area contributed by atoms with Gasteiger partial charge in [-0.05, 0) is 46.9 Å². The van der Waals surface area contributed by atoms with Crippen LogP contribution in [-0.4, -0.2) is 41.8 Å². The minimum absolute atomic E-state index is 0.0331. The van der Waals surface area contributed by atoms with Crippen molar-refractivity contribution in [2.24, 2.45) is 11.8 Å². The van der Waals surface area contributed by atoms with Crippen molar-refractivity contribution in [3.8, 4) is 11.1 Å². The molecule has 7 heteroatoms. The molecule has 0 heterocycles. The van der Waals surface area contributed by atoms with Crippen LogP contribution in [0.1, 0.15) is 56.6 Å². The third kappa shape index (κ3) is 5.08. The summed E-state index contributed by atoms with van der Waals surface area (Å²) in [6, 6.07) is 15.0. The second kappa shape index (κ2) is 10.3. The number of carbonyl (C=O) groups is 3. The zero-order chi connectivity index (χ0) is 24.2. The largest absolute Gasteiger partial charge is 0.480 e. The number of rotatable bonds is 9. The molecule has 1 saturated carbocycles. The lowest BCUT2D eigenvalue weighted by atomic mass is 9.78. The number of benzene rings is 2. The van der Waals surface area contributed by atoms with E-state index in [1.54, 1.807) is 13.8 Å². The van der Waals surface area contributed by atoms with E-state index in [0.717, 1.165) is 41.5 Å². The standard InChI is InChI=1S/C27H32N2O5/c1-16(2)25(26(31)32)29-24(30)14-23(17-8-7-9-17)28-27(33)34-15-22-20-12-5-3-10-18(20)19-11-4-6-13-21(19)22/h3-6,10-13,16-17,22-23,25H,7-9,14-15H2,1-2H3,(H,28,33)(H,29,30)(H,31,32)/t23?,25-/m0/s1. The average molecular weight is 465 g/mol. The average Bonchev–Trinajstić information content (AvgIpc) is 3.08. The number of hydrogen-bond acceptors (Lipinski definition) is 4. The van der Waals surface area contributed by atoms with Gasteiger partial charge in [0.25, 0.3) is 0 Å². The second-order valence-corrected chi connectivity index (χ2v) is 9.60. The van der Waals surface area contributed by atoms with E-state index in [0.29, 0.717) is 0 Å². The lowest BCUT2D eigenvalue weighted by Crippen LogP contribution is -2.49. The van der Waals surface area contributed by atoms with E-state index in [9.17, 15) is 19.5 Å². The van der Waals surface area contributed by atoms with Crippen LogP contribution in [0.2, 0.25) is 0 Å². The van der Waals surface area contributed by atoms with Crippen LogP contribution in [0.15, 0.2) is 48.5 Å². The van der Waals surface area contributed by atoms with Crippen LogP contribution in [0.3, 0.4) is 0 Å². The Balaban J connectivity index is 1.38. The molecule has 2 aromatic rings. The van der Waals surface area contributed by atoms with Gasteiger partial charge in [0.05, 0.1) is 0 Å². The molecular formula is C27H32N2O5. The van der Waals surface area contributed by atoms with E-state index in [1.165, 1.54) is 0 Å². The number of aliphatic carboxylic acids is 1. The predicted molar refractivity (Wildman–Crippen MR) is 128 cm³/mol. The Labute approximate surface area is 199 Å². The summed E-state index contributed by atoms with van der Waals surface area (Å²) in [6.45, 7) is 3.70. The number of ether oxygens (including phenoxy) is 1. The maximum atomic E-state index is 12.7. The van der Waals surface area contributed by atoms with Gasteiger partial charge in [-0.2, -0.15) is 0 Å². The molecule has 3 N–H and O–H groups in total. The quantitative estimate of drug-likeness (QED) is 0.513. The first-order chi connectivity index (χ1) is 16.3. The summed E-state index contributed by atoms with van der Waals surface area (Å²) < 4.78 is 5.65. The molecule has 0 spiro atoms. The highest BCUT2D eigenvalue weighted by atomic mass is 16.5. The van der Waals surface area contributed by atoms with Crippen molar-refractivity contribution in [3.05, 3.63) is 59.7 Å². The van der Waals surface area contributed by atoms with Crippen LogP contribution in [0.5, 0.6) is 0 Å². The number of alkyl carbamates (subject to hydrolysis) is 1. The summed E-state index contributed by atoms with van der Waals surface area (Å²) in [5.74, 6) is -1.52. The lowest BCUT2D eigenvalue weighted by Gasteiger charge is -2.34. The molecule has 2 aliphatic rings. The number of fused-ring (bicyclic) bond motifs is 3. The molecule has 2 aromatic carbocycles. The fourth-order valence-electron chi connectivity index (χ4n) is 4.91. The smallest absolute Gasteiger partial charge is 0.407 e. The first-order valence-corrected chi connectivity index (χ1v) is 12.0. The number of amides is 2. The van der Waals surface area contributed by atoms with Gasteiger partial charge in [-0.3, -0.25) is 4.79 Å². The van der Waals surface area contributed by atoms with Gasteiger partial charge in [0.1, 0.15) is 12.6 Å². The summed E-state index contributed by atoms with van der Waals surface area (Å²) in [4.78, 5) is 36.7. The highest BCUT2D eigenvalue weighted by Crippen LogP contribution is 2.44. The van der Waals surface area contributed by atoms with Crippen molar-refractivity contribution < 1.29 is 24.2 Å². The van der Waals surface area contributed by atoms with Crippen LogP contribution in [0.4, 0.5) is 4.79 Å². The molecule has 2 aliphatic carbocycles. The SMILES string of the molecule is CC(C)[C@H](NC(=O)CC(NC(=O)OCC1c2ccccc2-c2ccccc21)C1CCC1)C(=O)O. The van der Waals surface area contributed by atoms with Gasteiger partial charge in [-0.25, -0.2) is 9.59 Å². The Kier molecular flexibility index (Phi) is 7.20. The van der Waals surface area contributed by atoms with Gasteiger partial charge >= 0.3 is 12.1 Å². The summed E-state index contributed by atoms with van der Waals surface area (Å²) in [5.41, 5.74) is 4.60. The Morgan fingerprint density at radius 1 is 0.971 bits per heavy atom. The number of carboxylic acids is 1. The minimum Gasteiger partial charge on any atom is -0.480 e. The van der Waals surface area contributed by atoms with Gasteiger partial charge in [0, 0.05) is 18.4 Å². The first-order valence-electron chi connectivity index (χ1n) is 12.0. The van der Waals surface area contributed by atoms with Crippen molar-refractivity contribution in [1.82, 2.24) is 10.6 Å². The van der Waals surface area contributed by atoms with Crippen molar-refractivity contribution in [3.63, 3.8) is 0 Å². The molecular weight excluding hydrogens is 432 g/mol. The molecule has 2 amide bonds. The fraction of sp³-hybridized carbons (Fsp3) is 0.444. The van der Waals surface area contributed by atoms with Gasteiger partial charge < -0.3 is 20.5 Å². The molecule has 0 aromatic heterocycles. The number of hydrogen-bond donors (Lipinski definition) is 3. The second-order valence-electron chi connectivity index (χ2n) is 9.60. The molecule has 7 nitrogen and oxygen atoms in total. The molecule has 0 saturated heterocycles.